The van der Waals surface area contributed by atoms with Crippen molar-refractivity contribution >= 4 is 17.5 Å². The van der Waals surface area contributed by atoms with Gasteiger partial charge in [0.1, 0.15) is 0 Å². The van der Waals surface area contributed by atoms with Gasteiger partial charge in [-0.05, 0) is 40.8 Å². The fourth-order valence-electron chi connectivity index (χ4n) is 2.23. The monoisotopic (exact) mass is 310 g/mol. The average molecular weight is 310 g/mol. The lowest BCUT2D eigenvalue weighted by Gasteiger charge is -2.19. The van der Waals surface area contributed by atoms with Gasteiger partial charge in [0.15, 0.2) is 0 Å². The van der Waals surface area contributed by atoms with Crippen molar-refractivity contribution in [2.45, 2.75) is 32.6 Å². The van der Waals surface area contributed by atoms with E-state index in [0.29, 0.717) is 11.3 Å². The van der Waals surface area contributed by atoms with Crippen LogP contribution in [-0.4, -0.2) is 11.8 Å². The fraction of sp³-hybridized carbons (Fsp3) is 0.263. The molecule has 0 aliphatic heterocycles. The first kappa shape index (κ1) is 16.7. The number of nitrogens with one attached hydrogen (secondary N) is 1. The third-order valence-electron chi connectivity index (χ3n) is 3.60. The highest BCUT2D eigenvalue weighted by Crippen LogP contribution is 2.22. The number of carbonyl (C=O) groups excluding carboxylic acids is 2. The van der Waals surface area contributed by atoms with Crippen LogP contribution >= 0.6 is 0 Å². The van der Waals surface area contributed by atoms with Crippen molar-refractivity contribution in [2.24, 2.45) is 5.73 Å². The van der Waals surface area contributed by atoms with Crippen molar-refractivity contribution < 1.29 is 9.59 Å². The molecule has 4 heteroatoms. The second-order valence-electron chi connectivity index (χ2n) is 6.62. The Hall–Kier alpha value is -2.62. The molecule has 2 aromatic carbocycles. The maximum atomic E-state index is 12.3. The molecule has 0 heterocycles. The second kappa shape index (κ2) is 6.65. The molecule has 23 heavy (non-hydrogen) atoms. The van der Waals surface area contributed by atoms with Gasteiger partial charge in [-0.3, -0.25) is 9.59 Å². The van der Waals surface area contributed by atoms with Crippen LogP contribution in [0.3, 0.4) is 0 Å². The molecule has 2 amide bonds. The lowest BCUT2D eigenvalue weighted by molar-refractivity contribution is -0.117. The van der Waals surface area contributed by atoms with Gasteiger partial charge in [-0.15, -0.1) is 0 Å². The number of hydrogen-bond donors (Lipinski definition) is 2. The van der Waals surface area contributed by atoms with E-state index in [0.717, 1.165) is 5.56 Å². The lowest BCUT2D eigenvalue weighted by atomic mass is 9.87. The topological polar surface area (TPSA) is 72.2 Å². The zero-order chi connectivity index (χ0) is 17.0. The molecule has 0 aromatic heterocycles. The molecule has 0 spiro atoms. The maximum absolute atomic E-state index is 12.3. The Kier molecular flexibility index (Phi) is 4.84. The molecule has 0 saturated heterocycles. The Morgan fingerprint density at radius 2 is 1.52 bits per heavy atom. The molecule has 2 aromatic rings. The van der Waals surface area contributed by atoms with Crippen molar-refractivity contribution in [1.82, 2.24) is 0 Å². The van der Waals surface area contributed by atoms with Crippen molar-refractivity contribution in [3.05, 3.63) is 65.2 Å². The highest BCUT2D eigenvalue weighted by Gasteiger charge is 2.14. The number of nitrogens with two attached hydrogens (primary N) is 1. The van der Waals surface area contributed by atoms with E-state index in [2.05, 4.69) is 26.1 Å². The minimum atomic E-state index is -0.374. The van der Waals surface area contributed by atoms with Crippen molar-refractivity contribution in [3.8, 4) is 0 Å². The van der Waals surface area contributed by atoms with Gasteiger partial charge in [-0.25, -0.2) is 0 Å². The molecule has 2 rings (SSSR count). The summed E-state index contributed by atoms with van der Waals surface area (Å²) >= 11 is 0. The smallest absolute Gasteiger partial charge is 0.255 e. The van der Waals surface area contributed by atoms with Crippen LogP contribution < -0.4 is 11.1 Å². The highest BCUT2D eigenvalue weighted by atomic mass is 16.2. The van der Waals surface area contributed by atoms with Crippen LogP contribution in [0.25, 0.3) is 0 Å². The van der Waals surface area contributed by atoms with Gasteiger partial charge in [-0.2, -0.15) is 0 Å². The van der Waals surface area contributed by atoms with Crippen molar-refractivity contribution in [1.29, 1.82) is 0 Å². The largest absolute Gasteiger partial charge is 0.369 e. The summed E-state index contributed by atoms with van der Waals surface area (Å²) in [6.07, 6.45) is 0.197. The summed E-state index contributed by atoms with van der Waals surface area (Å²) in [5.41, 5.74) is 8.52. The van der Waals surface area contributed by atoms with Crippen LogP contribution in [-0.2, 0) is 16.6 Å². The number of benzene rings is 2. The molecule has 4 nitrogen and oxygen atoms in total. The summed E-state index contributed by atoms with van der Waals surface area (Å²) in [4.78, 5) is 23.1. The van der Waals surface area contributed by atoms with E-state index in [4.69, 9.17) is 5.73 Å². The van der Waals surface area contributed by atoms with Gasteiger partial charge < -0.3 is 11.1 Å². The van der Waals surface area contributed by atoms with E-state index < -0.39 is 0 Å². The van der Waals surface area contributed by atoms with E-state index in [1.165, 1.54) is 5.56 Å². The summed E-state index contributed by atoms with van der Waals surface area (Å²) in [5, 5.41) is 2.84. The number of rotatable bonds is 4. The van der Waals surface area contributed by atoms with E-state index in [-0.39, 0.29) is 23.7 Å². The zero-order valence-corrected chi connectivity index (χ0v) is 13.7. The van der Waals surface area contributed by atoms with Gasteiger partial charge in [0.05, 0.1) is 6.42 Å². The van der Waals surface area contributed by atoms with Crippen LogP contribution in [0.4, 0.5) is 5.69 Å². The first-order valence-electron chi connectivity index (χ1n) is 7.55. The van der Waals surface area contributed by atoms with E-state index in [9.17, 15) is 9.59 Å². The molecule has 0 saturated carbocycles. The van der Waals surface area contributed by atoms with Gasteiger partial charge in [0.25, 0.3) is 5.91 Å². The van der Waals surface area contributed by atoms with Crippen molar-refractivity contribution in [2.75, 3.05) is 5.32 Å². The fourth-order valence-corrected chi connectivity index (χ4v) is 2.23. The Morgan fingerprint density at radius 1 is 0.957 bits per heavy atom. The summed E-state index contributed by atoms with van der Waals surface area (Å²) in [6, 6.07) is 14.7. The highest BCUT2D eigenvalue weighted by molar-refractivity contribution is 6.04. The van der Waals surface area contributed by atoms with Gasteiger partial charge >= 0.3 is 0 Å². The summed E-state index contributed by atoms with van der Waals surface area (Å²) < 4.78 is 0. The van der Waals surface area contributed by atoms with Crippen LogP contribution in [0.5, 0.6) is 0 Å². The molecular formula is C19H22N2O2. The molecule has 0 bridgehead atoms. The summed E-state index contributed by atoms with van der Waals surface area (Å²) in [6.45, 7) is 6.40. The molecular weight excluding hydrogens is 288 g/mol. The van der Waals surface area contributed by atoms with Crippen molar-refractivity contribution in [3.63, 3.8) is 0 Å². The molecule has 0 aliphatic carbocycles. The standard InChI is InChI=1S/C19H22N2O2/c1-19(2,3)15-8-6-14(7-9-15)18(23)21-16-10-4-13(5-11-16)12-17(20)22/h4-11H,12H2,1-3H3,(H2,20,22)(H,21,23). The summed E-state index contributed by atoms with van der Waals surface area (Å²) in [7, 11) is 0. The van der Waals surface area contributed by atoms with Crippen LogP contribution in [0.15, 0.2) is 48.5 Å². The first-order chi connectivity index (χ1) is 10.8. The van der Waals surface area contributed by atoms with Crippen LogP contribution in [0, 0.1) is 0 Å². The Balaban J connectivity index is 2.05. The molecule has 3 N–H and O–H groups in total. The third-order valence-corrected chi connectivity index (χ3v) is 3.60. The lowest BCUT2D eigenvalue weighted by Crippen LogP contribution is -2.15. The Morgan fingerprint density at radius 3 is 2.00 bits per heavy atom. The first-order valence-corrected chi connectivity index (χ1v) is 7.55. The second-order valence-corrected chi connectivity index (χ2v) is 6.62. The van der Waals surface area contributed by atoms with Gasteiger partial charge in [0, 0.05) is 11.3 Å². The van der Waals surface area contributed by atoms with E-state index >= 15 is 0 Å². The zero-order valence-electron chi connectivity index (χ0n) is 13.7. The van der Waals surface area contributed by atoms with Crippen LogP contribution in [0.2, 0.25) is 0 Å². The molecule has 0 aliphatic rings. The molecule has 0 unspecified atom stereocenters. The Labute approximate surface area is 136 Å². The molecule has 0 atom stereocenters. The number of anilines is 1. The maximum Gasteiger partial charge on any atom is 0.255 e. The van der Waals surface area contributed by atoms with Crippen LogP contribution in [0.1, 0.15) is 42.3 Å². The molecule has 0 fully saturated rings. The minimum Gasteiger partial charge on any atom is -0.369 e. The number of hydrogen-bond acceptors (Lipinski definition) is 2. The number of amides is 2. The SMILES string of the molecule is CC(C)(C)c1ccc(C(=O)Nc2ccc(CC(N)=O)cc2)cc1. The number of primary amides is 1. The molecule has 0 radical (unpaired) electrons. The quantitative estimate of drug-likeness (QED) is 0.909. The third kappa shape index (κ3) is 4.68. The van der Waals surface area contributed by atoms with E-state index in [1.807, 2.05) is 24.3 Å². The van der Waals surface area contributed by atoms with Gasteiger partial charge in [0.2, 0.25) is 5.91 Å². The summed E-state index contributed by atoms with van der Waals surface area (Å²) in [5.74, 6) is -0.533. The molecule has 120 valence electrons. The predicted octanol–water partition coefficient (Wildman–Crippen LogP) is 3.26. The predicted molar refractivity (Wildman–Crippen MR) is 92.4 cm³/mol. The number of carbonyl (C=O) groups is 2. The Bertz CT molecular complexity index is 696. The normalized spacial score (nSPS) is 11.1. The minimum absolute atomic E-state index is 0.0608. The average Bonchev–Trinajstić information content (AvgIpc) is 2.48. The van der Waals surface area contributed by atoms with E-state index in [1.54, 1.807) is 24.3 Å². The van der Waals surface area contributed by atoms with Gasteiger partial charge in [-0.1, -0.05) is 45.0 Å².